The van der Waals surface area contributed by atoms with Gasteiger partial charge in [-0.1, -0.05) is 0 Å². The molecule has 2 fully saturated rings. The first kappa shape index (κ1) is 10.4. The van der Waals surface area contributed by atoms with Crippen LogP contribution >= 0.6 is 0 Å². The van der Waals surface area contributed by atoms with E-state index in [1.807, 2.05) is 0 Å². The smallest absolute Gasteiger partial charge is 0.0737 e. The van der Waals surface area contributed by atoms with Crippen molar-refractivity contribution in [1.82, 2.24) is 5.32 Å². The average Bonchev–Trinajstić information content (AvgIpc) is 2.08. The molecule has 1 N–H and O–H groups in total. The Morgan fingerprint density at radius 3 is 2.50 bits per heavy atom. The van der Waals surface area contributed by atoms with Crippen LogP contribution in [0.3, 0.4) is 0 Å². The Balaban J connectivity index is 1.95. The van der Waals surface area contributed by atoms with Crippen LogP contribution in [0.4, 0.5) is 0 Å². The van der Waals surface area contributed by atoms with Crippen molar-refractivity contribution in [3.05, 3.63) is 0 Å². The molecule has 2 rings (SSSR count). The zero-order valence-corrected chi connectivity index (χ0v) is 9.68. The first-order chi connectivity index (χ1) is 6.56. The largest absolute Gasteiger partial charge is 0.371 e. The van der Waals surface area contributed by atoms with Gasteiger partial charge in [-0.25, -0.2) is 0 Å². The van der Waals surface area contributed by atoms with Crippen molar-refractivity contribution >= 4 is 0 Å². The number of ether oxygens (including phenoxy) is 1. The summed E-state index contributed by atoms with van der Waals surface area (Å²) >= 11 is 0. The van der Waals surface area contributed by atoms with Crippen LogP contribution in [0.15, 0.2) is 0 Å². The SMILES string of the molecule is CC(C)(C)OC1CNCCC2CCC21. The van der Waals surface area contributed by atoms with Crippen molar-refractivity contribution in [2.24, 2.45) is 11.8 Å². The van der Waals surface area contributed by atoms with Gasteiger partial charge in [0.05, 0.1) is 11.7 Å². The summed E-state index contributed by atoms with van der Waals surface area (Å²) in [5.74, 6) is 1.78. The molecule has 0 bridgehead atoms. The highest BCUT2D eigenvalue weighted by atomic mass is 16.5. The van der Waals surface area contributed by atoms with E-state index in [-0.39, 0.29) is 5.60 Å². The third kappa shape index (κ3) is 2.29. The molecule has 0 amide bonds. The highest BCUT2D eigenvalue weighted by Gasteiger charge is 2.39. The van der Waals surface area contributed by atoms with Crippen LogP contribution in [0.2, 0.25) is 0 Å². The Labute approximate surface area is 87.4 Å². The molecule has 1 aliphatic carbocycles. The van der Waals surface area contributed by atoms with Gasteiger partial charge in [0, 0.05) is 6.54 Å². The monoisotopic (exact) mass is 197 g/mol. The fourth-order valence-electron chi connectivity index (χ4n) is 2.71. The molecule has 2 aliphatic rings. The van der Waals surface area contributed by atoms with E-state index in [2.05, 4.69) is 26.1 Å². The lowest BCUT2D eigenvalue weighted by Gasteiger charge is -2.42. The van der Waals surface area contributed by atoms with E-state index in [0.29, 0.717) is 6.10 Å². The molecule has 0 aromatic rings. The summed E-state index contributed by atoms with van der Waals surface area (Å²) in [5, 5.41) is 3.50. The van der Waals surface area contributed by atoms with Gasteiger partial charge in [-0.3, -0.25) is 0 Å². The average molecular weight is 197 g/mol. The molecule has 0 aromatic carbocycles. The van der Waals surface area contributed by atoms with Crippen LogP contribution in [-0.4, -0.2) is 24.8 Å². The second kappa shape index (κ2) is 3.82. The molecule has 0 spiro atoms. The molecular formula is C12H23NO. The topological polar surface area (TPSA) is 21.3 Å². The maximum absolute atomic E-state index is 6.13. The molecule has 0 aromatic heterocycles. The molecule has 3 atom stereocenters. The lowest BCUT2D eigenvalue weighted by molar-refractivity contribution is -0.109. The van der Waals surface area contributed by atoms with E-state index in [1.54, 1.807) is 0 Å². The van der Waals surface area contributed by atoms with Crippen molar-refractivity contribution in [3.8, 4) is 0 Å². The second-order valence-electron chi connectivity index (χ2n) is 5.76. The molecule has 2 heteroatoms. The van der Waals surface area contributed by atoms with Gasteiger partial charge in [-0.2, -0.15) is 0 Å². The molecule has 1 aliphatic heterocycles. The van der Waals surface area contributed by atoms with E-state index in [9.17, 15) is 0 Å². The zero-order valence-electron chi connectivity index (χ0n) is 9.68. The predicted molar refractivity (Wildman–Crippen MR) is 58.3 cm³/mol. The standard InChI is InChI=1S/C12H23NO/c1-12(2,3)14-11-8-13-7-6-9-4-5-10(9)11/h9-11,13H,4-8H2,1-3H3. The molecule has 0 radical (unpaired) electrons. The third-order valence-electron chi connectivity index (χ3n) is 3.50. The molecule has 1 saturated heterocycles. The summed E-state index contributed by atoms with van der Waals surface area (Å²) in [6, 6.07) is 0. The Morgan fingerprint density at radius 2 is 1.93 bits per heavy atom. The van der Waals surface area contributed by atoms with Gasteiger partial charge in [0.15, 0.2) is 0 Å². The van der Waals surface area contributed by atoms with Crippen molar-refractivity contribution in [1.29, 1.82) is 0 Å². The fourth-order valence-corrected chi connectivity index (χ4v) is 2.71. The predicted octanol–water partition coefficient (Wildman–Crippen LogP) is 2.19. The molecule has 3 unspecified atom stereocenters. The first-order valence-electron chi connectivity index (χ1n) is 5.95. The molecule has 1 heterocycles. The zero-order chi connectivity index (χ0) is 10.2. The van der Waals surface area contributed by atoms with Gasteiger partial charge in [-0.05, 0) is 58.4 Å². The number of hydrogen-bond donors (Lipinski definition) is 1. The van der Waals surface area contributed by atoms with Gasteiger partial charge in [0.1, 0.15) is 0 Å². The van der Waals surface area contributed by atoms with Crippen LogP contribution in [0, 0.1) is 11.8 Å². The van der Waals surface area contributed by atoms with E-state index in [1.165, 1.54) is 25.8 Å². The molecule has 1 saturated carbocycles. The lowest BCUT2D eigenvalue weighted by Crippen LogP contribution is -2.43. The summed E-state index contributed by atoms with van der Waals surface area (Å²) in [4.78, 5) is 0. The van der Waals surface area contributed by atoms with Crippen molar-refractivity contribution < 1.29 is 4.74 Å². The Hall–Kier alpha value is -0.0800. The third-order valence-corrected chi connectivity index (χ3v) is 3.50. The van der Waals surface area contributed by atoms with Crippen molar-refractivity contribution in [2.45, 2.75) is 51.7 Å². The van der Waals surface area contributed by atoms with Crippen LogP contribution in [0.25, 0.3) is 0 Å². The Bertz CT molecular complexity index is 197. The summed E-state index contributed by atoms with van der Waals surface area (Å²) in [6.45, 7) is 8.71. The Kier molecular flexibility index (Phi) is 2.85. The molecule has 14 heavy (non-hydrogen) atoms. The van der Waals surface area contributed by atoms with E-state index >= 15 is 0 Å². The summed E-state index contributed by atoms with van der Waals surface area (Å²) < 4.78 is 6.13. The highest BCUT2D eigenvalue weighted by molar-refractivity contribution is 4.91. The van der Waals surface area contributed by atoms with Gasteiger partial charge >= 0.3 is 0 Å². The van der Waals surface area contributed by atoms with Crippen LogP contribution in [0.1, 0.15) is 40.0 Å². The van der Waals surface area contributed by atoms with E-state index < -0.39 is 0 Å². The fraction of sp³-hybridized carbons (Fsp3) is 1.00. The van der Waals surface area contributed by atoms with Gasteiger partial charge in [0.25, 0.3) is 0 Å². The Morgan fingerprint density at radius 1 is 1.14 bits per heavy atom. The van der Waals surface area contributed by atoms with E-state index in [0.717, 1.165) is 18.4 Å². The minimum atomic E-state index is 0.0107. The number of nitrogens with one attached hydrogen (secondary N) is 1. The number of fused-ring (bicyclic) bond motifs is 1. The summed E-state index contributed by atoms with van der Waals surface area (Å²) in [6.07, 6.45) is 4.62. The maximum Gasteiger partial charge on any atom is 0.0737 e. The molecule has 2 nitrogen and oxygen atoms in total. The van der Waals surface area contributed by atoms with Crippen LogP contribution in [-0.2, 0) is 4.74 Å². The lowest BCUT2D eigenvalue weighted by atomic mass is 9.69. The van der Waals surface area contributed by atoms with E-state index in [4.69, 9.17) is 4.74 Å². The van der Waals surface area contributed by atoms with Gasteiger partial charge < -0.3 is 10.1 Å². The molecule has 82 valence electrons. The quantitative estimate of drug-likeness (QED) is 0.696. The first-order valence-corrected chi connectivity index (χ1v) is 5.95. The van der Waals surface area contributed by atoms with Gasteiger partial charge in [0.2, 0.25) is 0 Å². The van der Waals surface area contributed by atoms with Crippen LogP contribution in [0.5, 0.6) is 0 Å². The minimum absolute atomic E-state index is 0.0107. The van der Waals surface area contributed by atoms with Gasteiger partial charge in [-0.15, -0.1) is 0 Å². The minimum Gasteiger partial charge on any atom is -0.371 e. The normalized spacial score (nSPS) is 38.4. The summed E-state index contributed by atoms with van der Waals surface area (Å²) in [7, 11) is 0. The second-order valence-corrected chi connectivity index (χ2v) is 5.76. The number of hydrogen-bond acceptors (Lipinski definition) is 2. The molecular weight excluding hydrogens is 174 g/mol. The maximum atomic E-state index is 6.13. The summed E-state index contributed by atoms with van der Waals surface area (Å²) in [5.41, 5.74) is 0.0107. The van der Waals surface area contributed by atoms with Crippen molar-refractivity contribution in [3.63, 3.8) is 0 Å². The highest BCUT2D eigenvalue weighted by Crippen LogP contribution is 2.41. The number of rotatable bonds is 1. The van der Waals surface area contributed by atoms with Crippen molar-refractivity contribution in [2.75, 3.05) is 13.1 Å². The van der Waals surface area contributed by atoms with Crippen LogP contribution < -0.4 is 5.32 Å².